The molecule has 1 spiro atoms. The van der Waals surface area contributed by atoms with Crippen molar-refractivity contribution in [2.24, 2.45) is 0 Å². The van der Waals surface area contributed by atoms with Crippen LogP contribution in [0, 0.1) is 6.92 Å². The zero-order valence-electron chi connectivity index (χ0n) is 80.4. The first kappa shape index (κ1) is 83.5. The maximum atomic E-state index is 2.53. The summed E-state index contributed by atoms with van der Waals surface area (Å²) in [6.07, 6.45) is 0. The maximum Gasteiger partial charge on any atom is 0.0726 e. The van der Waals surface area contributed by atoms with Crippen LogP contribution < -0.4 is 9.80 Å². The predicted molar refractivity (Wildman–Crippen MR) is 611 cm³/mol. The number of benzene rings is 24. The van der Waals surface area contributed by atoms with Crippen LogP contribution in [0.5, 0.6) is 0 Å². The summed E-state index contributed by atoms with van der Waals surface area (Å²) < 4.78 is 4.88. The molecule has 26 aromatic rings. The fourth-order valence-corrected chi connectivity index (χ4v) is 25.6. The van der Waals surface area contributed by atoms with Gasteiger partial charge in [0, 0.05) is 72.5 Å². The molecule has 4 heteroatoms. The van der Waals surface area contributed by atoms with Crippen LogP contribution in [0.1, 0.15) is 52.8 Å². The summed E-state index contributed by atoms with van der Waals surface area (Å²) in [6, 6.07) is 194. The molecule has 0 saturated heterocycles. The van der Waals surface area contributed by atoms with Crippen LogP contribution in [0.25, 0.3) is 209 Å². The number of fused-ring (bicyclic) bond motifs is 23. The lowest BCUT2D eigenvalue weighted by Crippen LogP contribution is -2.26. The summed E-state index contributed by atoms with van der Waals surface area (Å²) in [6.45, 7) is 7.04. The number of hydrogen-bond donors (Lipinski definition) is 0. The number of hydrogen-bond acceptors (Lipinski definition) is 2. The SMILES string of the molecule is Cc1cc(-c2ccc3c(c2)-c2ccccc2C32c3ccccc3-c3ccc(N(c4ccc(-c5ccc6c(c5)c5ccccc5n6-c5ccccc5)cc4)c4ccc(-c5c6ccccc6c(-c6ccccc6)c6ccccc56)cc4)cc32)ccc1-n1c2ccccc2c2cc(-c3ccc(N(c4ccc(-c5c6ccccc6c(-c6ccccc6)c6ccccc56)cc4)c4ccc5c(c4)C(C)(C)c4ccccc4-5)cc3)ccc21. The second-order valence-electron chi connectivity index (χ2n) is 40.0. The van der Waals surface area contributed by atoms with Crippen LogP contribution in [0.2, 0.25) is 0 Å². The van der Waals surface area contributed by atoms with E-state index in [1.807, 2.05) is 0 Å². The smallest absolute Gasteiger partial charge is 0.0726 e. The van der Waals surface area contributed by atoms with E-state index in [0.29, 0.717) is 0 Å². The molecule has 0 fully saturated rings. The van der Waals surface area contributed by atoms with E-state index in [-0.39, 0.29) is 5.41 Å². The lowest BCUT2D eigenvalue weighted by molar-refractivity contribution is 0.660. The molecule has 29 rings (SSSR count). The Labute approximate surface area is 842 Å². The minimum atomic E-state index is -0.641. The highest BCUT2D eigenvalue weighted by Gasteiger charge is 2.52. The minimum Gasteiger partial charge on any atom is -0.310 e. The fourth-order valence-electron chi connectivity index (χ4n) is 25.6. The van der Waals surface area contributed by atoms with E-state index < -0.39 is 5.41 Å². The highest BCUT2D eigenvalue weighted by molar-refractivity contribution is 6.24. The average Bonchev–Trinajstić information content (AvgIpc) is 1.51. The third-order valence-electron chi connectivity index (χ3n) is 32.0. The lowest BCUT2D eigenvalue weighted by Gasteiger charge is -2.32. The van der Waals surface area contributed by atoms with Gasteiger partial charge in [-0.1, -0.05) is 390 Å². The summed E-state index contributed by atoms with van der Waals surface area (Å²) >= 11 is 0. The van der Waals surface area contributed by atoms with Gasteiger partial charge in [-0.25, -0.2) is 0 Å². The second-order valence-corrected chi connectivity index (χ2v) is 40.0. The van der Waals surface area contributed by atoms with Gasteiger partial charge in [-0.3, -0.25) is 0 Å². The first-order valence-corrected chi connectivity index (χ1v) is 50.6. The maximum absolute atomic E-state index is 2.53. The van der Waals surface area contributed by atoms with Crippen LogP contribution in [0.3, 0.4) is 0 Å². The standard InChI is InChI=1S/C141H94N4/c1-89-83-96(64-80-131(89)145-133-54-30-25-41-113(133)124-86-98(66-82-135(124)145)91-55-67-101(68-56-91)142(105-75-77-110-107-37-21-26-50-125(107)140(2,3)129(110)87-105)103-71-59-94(60-72-103)138-118-46-17-13-42-114(118)136(92-31-7-4-8-32-92)115-43-14-18-47-119(115)138)99-63-79-128-122(84-99)109-39-23-28-52-127(109)141(128)126-51-27-22-38-108(126)111-78-76-106(88-130(111)141)143(102-69-57-90(58-70-102)97-65-81-134-123(85-97)112-40-24-29-53-132(112)144(134)100-35-11-6-12-36-100)104-73-61-95(62-74-104)139-120-48-19-15-44-116(120)137(93-33-9-5-10-34-93)117-45-16-20-49-121(117)139/h4-88H,1-3H3. The molecule has 0 saturated carbocycles. The zero-order valence-corrected chi connectivity index (χ0v) is 80.4. The van der Waals surface area contributed by atoms with Crippen molar-refractivity contribution in [3.05, 3.63) is 555 Å². The average molecular weight is 1840 g/mol. The third-order valence-corrected chi connectivity index (χ3v) is 32.0. The van der Waals surface area contributed by atoms with E-state index in [1.54, 1.807) is 0 Å². The second kappa shape index (κ2) is 32.8. The topological polar surface area (TPSA) is 16.3 Å². The monoisotopic (exact) mass is 1840 g/mol. The molecule has 2 aromatic heterocycles. The zero-order chi connectivity index (χ0) is 95.9. The molecule has 1 unspecified atom stereocenters. The summed E-state index contributed by atoms with van der Waals surface area (Å²) in [5.41, 5.74) is 46.1. The third kappa shape index (κ3) is 12.8. The predicted octanol–water partition coefficient (Wildman–Crippen LogP) is 38.1. The van der Waals surface area contributed by atoms with Crippen LogP contribution >= 0.6 is 0 Å². The van der Waals surface area contributed by atoms with Gasteiger partial charge in [0.25, 0.3) is 0 Å². The van der Waals surface area contributed by atoms with Crippen LogP contribution in [-0.2, 0) is 10.8 Å². The summed E-state index contributed by atoms with van der Waals surface area (Å²) in [5, 5.41) is 14.8. The molecule has 0 bridgehead atoms. The van der Waals surface area contributed by atoms with Crippen molar-refractivity contribution in [2.75, 3.05) is 9.80 Å². The fraction of sp³-hybridized carbons (Fsp3) is 0.0355. The molecular weight excluding hydrogens is 1750 g/mol. The van der Waals surface area contributed by atoms with Gasteiger partial charge in [-0.15, -0.1) is 0 Å². The van der Waals surface area contributed by atoms with Crippen molar-refractivity contribution in [3.63, 3.8) is 0 Å². The normalized spacial score (nSPS) is 13.6. The van der Waals surface area contributed by atoms with Gasteiger partial charge < -0.3 is 18.9 Å². The Bertz CT molecular complexity index is 9720. The number of rotatable bonds is 15. The van der Waals surface area contributed by atoms with Crippen molar-refractivity contribution in [2.45, 2.75) is 31.6 Å². The van der Waals surface area contributed by atoms with Gasteiger partial charge in [0.15, 0.2) is 0 Å². The molecule has 0 aliphatic heterocycles. The molecule has 1 atom stereocenters. The molecule has 145 heavy (non-hydrogen) atoms. The van der Waals surface area contributed by atoms with E-state index in [9.17, 15) is 0 Å². The van der Waals surface area contributed by atoms with Crippen molar-refractivity contribution in [1.82, 2.24) is 9.13 Å². The van der Waals surface area contributed by atoms with Crippen LogP contribution in [-0.4, -0.2) is 9.13 Å². The van der Waals surface area contributed by atoms with Crippen LogP contribution in [0.4, 0.5) is 34.1 Å². The molecule has 0 radical (unpaired) electrons. The molecule has 24 aromatic carbocycles. The number of nitrogens with zero attached hydrogens (tertiary/aromatic N) is 4. The van der Waals surface area contributed by atoms with Gasteiger partial charge in [0.1, 0.15) is 0 Å². The van der Waals surface area contributed by atoms with Crippen molar-refractivity contribution >= 4 is 121 Å². The molecule has 3 aliphatic rings. The Kier molecular flexibility index (Phi) is 18.9. The first-order chi connectivity index (χ1) is 71.6. The quantitative estimate of drug-likeness (QED) is 0.0951. The molecular formula is C141H94N4. The Morgan fingerprint density at radius 3 is 0.910 bits per heavy atom. The van der Waals surface area contributed by atoms with Crippen molar-refractivity contribution < 1.29 is 0 Å². The van der Waals surface area contributed by atoms with E-state index in [1.165, 1.54) is 215 Å². The lowest BCUT2D eigenvalue weighted by atomic mass is 9.70. The first-order valence-electron chi connectivity index (χ1n) is 50.6. The Hall–Kier alpha value is -18.5. The largest absolute Gasteiger partial charge is 0.310 e. The van der Waals surface area contributed by atoms with E-state index >= 15 is 0 Å². The molecule has 2 heterocycles. The highest BCUT2D eigenvalue weighted by Crippen LogP contribution is 2.65. The molecule has 0 N–H and O–H groups in total. The summed E-state index contributed by atoms with van der Waals surface area (Å²) in [4.78, 5) is 4.94. The van der Waals surface area contributed by atoms with E-state index in [0.717, 1.165) is 67.8 Å². The van der Waals surface area contributed by atoms with Gasteiger partial charge in [-0.05, 0) is 340 Å². The van der Waals surface area contributed by atoms with Crippen LogP contribution in [0.15, 0.2) is 516 Å². The number of anilines is 6. The van der Waals surface area contributed by atoms with Crippen molar-refractivity contribution in [1.29, 1.82) is 0 Å². The Balaban J connectivity index is 0.512. The number of aryl methyl sites for hydroxylation is 1. The van der Waals surface area contributed by atoms with E-state index in [4.69, 9.17) is 0 Å². The number of aromatic nitrogens is 2. The summed E-state index contributed by atoms with van der Waals surface area (Å²) in [5.74, 6) is 0. The van der Waals surface area contributed by atoms with Gasteiger partial charge in [-0.2, -0.15) is 0 Å². The molecule has 4 nitrogen and oxygen atoms in total. The highest BCUT2D eigenvalue weighted by atomic mass is 15.1. The minimum absolute atomic E-state index is 0.183. The van der Waals surface area contributed by atoms with Gasteiger partial charge >= 0.3 is 0 Å². The molecule has 3 aliphatic carbocycles. The molecule has 0 amide bonds. The van der Waals surface area contributed by atoms with Gasteiger partial charge in [0.2, 0.25) is 0 Å². The van der Waals surface area contributed by atoms with Gasteiger partial charge in [0.05, 0.1) is 27.5 Å². The Morgan fingerprint density at radius 2 is 0.462 bits per heavy atom. The summed E-state index contributed by atoms with van der Waals surface area (Å²) in [7, 11) is 0. The Morgan fingerprint density at radius 1 is 0.172 bits per heavy atom. The van der Waals surface area contributed by atoms with E-state index in [2.05, 4.69) is 555 Å². The van der Waals surface area contributed by atoms with Crippen molar-refractivity contribution in [3.8, 4) is 123 Å². The number of para-hydroxylation sites is 3. The molecule has 678 valence electrons.